The maximum Gasteiger partial charge on any atom is 0.260 e. The summed E-state index contributed by atoms with van der Waals surface area (Å²) in [7, 11) is 0. The largest absolute Gasteiger partial charge is 0.383 e. The van der Waals surface area contributed by atoms with Gasteiger partial charge in [-0.15, -0.1) is 0 Å². The fraction of sp³-hybridized carbons (Fsp3) is 0.214. The van der Waals surface area contributed by atoms with Crippen molar-refractivity contribution < 1.29 is 0 Å². The summed E-state index contributed by atoms with van der Waals surface area (Å²) < 4.78 is 2.63. The van der Waals surface area contributed by atoms with E-state index < -0.39 is 0 Å². The van der Waals surface area contributed by atoms with Gasteiger partial charge in [0, 0.05) is 23.0 Å². The third-order valence-electron chi connectivity index (χ3n) is 6.18. The van der Waals surface area contributed by atoms with Crippen LogP contribution in [0.3, 0.4) is 0 Å². The minimum atomic E-state index is -0.153. The van der Waals surface area contributed by atoms with Gasteiger partial charge < -0.3 is 15.6 Å². The van der Waals surface area contributed by atoms with Gasteiger partial charge in [-0.25, -0.2) is 19.9 Å². The Labute approximate surface area is 233 Å². The number of nitrogens with one attached hydrogen (secondary N) is 2. The Kier molecular flexibility index (Phi) is 7.16. The Bertz CT molecular complexity index is 1840. The van der Waals surface area contributed by atoms with E-state index in [1.807, 2.05) is 64.1 Å². The molecule has 0 atom stereocenters. The number of nitrogen functional groups attached to an aromatic ring is 1. The van der Waals surface area contributed by atoms with Crippen LogP contribution in [0.2, 0.25) is 5.02 Å². The van der Waals surface area contributed by atoms with Crippen molar-refractivity contribution in [2.45, 2.75) is 40.3 Å². The molecule has 5 aromatic rings. The Morgan fingerprint density at radius 3 is 2.74 bits per heavy atom. The van der Waals surface area contributed by atoms with Crippen LogP contribution in [0.1, 0.15) is 50.6 Å². The first-order valence-corrected chi connectivity index (χ1v) is 13.5. The van der Waals surface area contributed by atoms with Crippen LogP contribution < -0.4 is 16.6 Å². The molecule has 9 nitrogen and oxygen atoms in total. The molecule has 0 saturated carbocycles. The van der Waals surface area contributed by atoms with E-state index in [0.717, 1.165) is 27.0 Å². The highest BCUT2D eigenvalue weighted by Gasteiger charge is 2.19. The molecule has 0 radical (unpaired) electrons. The number of halogens is 1. The van der Waals surface area contributed by atoms with Crippen LogP contribution in [0.5, 0.6) is 0 Å². The van der Waals surface area contributed by atoms with Gasteiger partial charge in [-0.1, -0.05) is 41.1 Å². The zero-order valence-corrected chi connectivity index (χ0v) is 23.5. The van der Waals surface area contributed by atoms with Gasteiger partial charge in [0.1, 0.15) is 18.0 Å². The molecule has 0 bridgehead atoms. The van der Waals surface area contributed by atoms with Crippen LogP contribution in [0, 0.1) is 5.41 Å². The van der Waals surface area contributed by atoms with Crippen LogP contribution in [0.15, 0.2) is 58.6 Å². The lowest BCUT2D eigenvalue weighted by atomic mass is 10.0. The molecule has 198 valence electrons. The molecule has 0 aliphatic heterocycles. The molecular formula is C28H27ClN8OS. The second-order valence-electron chi connectivity index (χ2n) is 9.56. The second kappa shape index (κ2) is 10.5. The average molecular weight is 559 g/mol. The molecule has 4 N–H and O–H groups in total. The molecule has 3 heterocycles. The van der Waals surface area contributed by atoms with Crippen molar-refractivity contribution in [3.05, 3.63) is 81.0 Å². The van der Waals surface area contributed by atoms with E-state index in [1.54, 1.807) is 10.6 Å². The number of fused-ring (bicyclic) bond motifs is 2. The van der Waals surface area contributed by atoms with E-state index in [0.29, 0.717) is 32.5 Å². The molecule has 0 amide bonds. The fourth-order valence-corrected chi connectivity index (χ4v) is 5.73. The molecule has 0 saturated heterocycles. The molecule has 0 aliphatic carbocycles. The summed E-state index contributed by atoms with van der Waals surface area (Å²) >= 11 is 7.82. The highest BCUT2D eigenvalue weighted by atomic mass is 35.5. The normalized spacial score (nSPS) is 11.3. The molecule has 3 aromatic heterocycles. The number of hydrogen-bond donors (Lipinski definition) is 3. The van der Waals surface area contributed by atoms with Crippen molar-refractivity contribution in [1.29, 1.82) is 5.41 Å². The molecule has 0 aliphatic rings. The first-order chi connectivity index (χ1) is 18.6. The Morgan fingerprint density at radius 1 is 1.21 bits per heavy atom. The number of pyridine rings is 1. The first kappa shape index (κ1) is 26.5. The summed E-state index contributed by atoms with van der Waals surface area (Å²) in [6.45, 7) is 8.02. The number of thiazole rings is 1. The molecule has 0 spiro atoms. The number of rotatable bonds is 7. The van der Waals surface area contributed by atoms with Gasteiger partial charge in [-0.05, 0) is 57.3 Å². The Morgan fingerprint density at radius 2 is 2.00 bits per heavy atom. The zero-order valence-electron chi connectivity index (χ0n) is 21.9. The van der Waals surface area contributed by atoms with Crippen molar-refractivity contribution >= 4 is 72.1 Å². The summed E-state index contributed by atoms with van der Waals surface area (Å²) in [5.74, 6) is 0.582. The molecule has 39 heavy (non-hydrogen) atoms. The van der Waals surface area contributed by atoms with Gasteiger partial charge in [0.2, 0.25) is 5.13 Å². The van der Waals surface area contributed by atoms with Crippen molar-refractivity contribution in [3.8, 4) is 0 Å². The maximum atomic E-state index is 13.4. The van der Waals surface area contributed by atoms with Crippen LogP contribution in [-0.2, 0) is 6.54 Å². The van der Waals surface area contributed by atoms with E-state index in [4.69, 9.17) is 22.7 Å². The molecular weight excluding hydrogens is 532 g/mol. The van der Waals surface area contributed by atoms with Gasteiger partial charge >= 0.3 is 0 Å². The molecule has 2 aromatic carbocycles. The molecule has 11 heteroatoms. The van der Waals surface area contributed by atoms with Crippen LogP contribution in [0.4, 0.5) is 16.8 Å². The third kappa shape index (κ3) is 5.13. The first-order valence-electron chi connectivity index (χ1n) is 12.3. The lowest BCUT2D eigenvalue weighted by molar-refractivity contribution is 0.558. The number of aliphatic imine (C=N–C) groups is 1. The summed E-state index contributed by atoms with van der Waals surface area (Å²) in [4.78, 5) is 30.9. The fourth-order valence-electron chi connectivity index (χ4n) is 4.49. The maximum absolute atomic E-state index is 13.4. The summed E-state index contributed by atoms with van der Waals surface area (Å²) in [6, 6.07) is 12.9. The van der Waals surface area contributed by atoms with Gasteiger partial charge in [-0.3, -0.25) is 10.2 Å². The van der Waals surface area contributed by atoms with Crippen LogP contribution in [-0.4, -0.2) is 30.9 Å². The van der Waals surface area contributed by atoms with Crippen LogP contribution in [0.25, 0.3) is 21.0 Å². The van der Waals surface area contributed by atoms with E-state index in [9.17, 15) is 4.79 Å². The highest BCUT2D eigenvalue weighted by Crippen LogP contribution is 2.31. The quantitative estimate of drug-likeness (QED) is 0.199. The lowest BCUT2D eigenvalue weighted by Gasteiger charge is -2.20. The molecule has 0 unspecified atom stereocenters. The highest BCUT2D eigenvalue weighted by molar-refractivity contribution is 7.22. The Hall–Kier alpha value is -4.15. The van der Waals surface area contributed by atoms with E-state index >= 15 is 0 Å². The van der Waals surface area contributed by atoms with Gasteiger partial charge in [0.25, 0.3) is 5.56 Å². The van der Waals surface area contributed by atoms with Crippen LogP contribution >= 0.6 is 22.9 Å². The summed E-state index contributed by atoms with van der Waals surface area (Å²) in [6.07, 6.45) is 1.36. The van der Waals surface area contributed by atoms with E-state index in [1.165, 1.54) is 17.7 Å². The standard InChI is InChI=1S/C28H27ClN8OS/c1-14(2)35-28-36-20-9-8-17(11-21(20)39-28)24(30)23-25(31)33-13-34-26(23)32-12-18-10-16-6-5-7-19(29)22(16)27(38)37(18)15(3)4/h5-11,13,15,30H,12H2,1-4H3,(H3,31,32,33,34). The van der Waals surface area contributed by atoms with Crippen molar-refractivity contribution in [3.63, 3.8) is 0 Å². The van der Waals surface area contributed by atoms with Crippen molar-refractivity contribution in [1.82, 2.24) is 19.5 Å². The van der Waals surface area contributed by atoms with Gasteiger partial charge in [0.05, 0.1) is 38.4 Å². The molecule has 5 rings (SSSR count). The SMILES string of the molecule is CC(C)=Nc1nc2ccc(C(=N)c3c(N)ncnc3NCc3cc4cccc(Cl)c4c(=O)n3C(C)C)cc2s1. The number of benzene rings is 2. The number of nitrogens with zero attached hydrogens (tertiary/aromatic N) is 5. The van der Waals surface area contributed by atoms with Crippen molar-refractivity contribution in [2.24, 2.45) is 4.99 Å². The number of hydrogen-bond acceptors (Lipinski definition) is 9. The predicted octanol–water partition coefficient (Wildman–Crippen LogP) is 6.36. The Balaban J connectivity index is 1.51. The van der Waals surface area contributed by atoms with Crippen molar-refractivity contribution in [2.75, 3.05) is 11.1 Å². The summed E-state index contributed by atoms with van der Waals surface area (Å²) in [5.41, 5.74) is 9.81. The monoisotopic (exact) mass is 558 g/mol. The number of anilines is 2. The second-order valence-corrected chi connectivity index (χ2v) is 11.0. The molecule has 0 fully saturated rings. The lowest BCUT2D eigenvalue weighted by Crippen LogP contribution is -2.27. The third-order valence-corrected chi connectivity index (χ3v) is 7.40. The number of aromatic nitrogens is 4. The van der Waals surface area contributed by atoms with Gasteiger partial charge in [-0.2, -0.15) is 0 Å². The topological polar surface area (TPSA) is 135 Å². The number of nitrogens with two attached hydrogens (primary N) is 1. The average Bonchev–Trinajstić information content (AvgIpc) is 3.27. The smallest absolute Gasteiger partial charge is 0.260 e. The van der Waals surface area contributed by atoms with E-state index in [-0.39, 0.29) is 29.7 Å². The minimum Gasteiger partial charge on any atom is -0.383 e. The predicted molar refractivity (Wildman–Crippen MR) is 161 cm³/mol. The van der Waals surface area contributed by atoms with Gasteiger partial charge in [0.15, 0.2) is 0 Å². The zero-order chi connectivity index (χ0) is 27.8. The van der Waals surface area contributed by atoms with E-state index in [2.05, 4.69) is 25.3 Å². The minimum absolute atomic E-state index is 0.0972. The summed E-state index contributed by atoms with van der Waals surface area (Å²) in [5, 5.41) is 14.6.